The molecule has 0 heterocycles. The van der Waals surface area contributed by atoms with E-state index in [9.17, 15) is 0 Å². The quantitative estimate of drug-likeness (QED) is 0.600. The maximum atomic E-state index is 5.85. The van der Waals surface area contributed by atoms with E-state index in [-0.39, 0.29) is 0 Å². The van der Waals surface area contributed by atoms with Crippen molar-refractivity contribution in [1.82, 2.24) is 0 Å². The summed E-state index contributed by atoms with van der Waals surface area (Å²) in [5, 5.41) is 0.812. The summed E-state index contributed by atoms with van der Waals surface area (Å²) in [5.41, 5.74) is 2.55. The molecule has 1 heteroatoms. The second kappa shape index (κ2) is 3.27. The average Bonchev–Trinajstić information content (AvgIpc) is 1.94. The molecule has 1 radical (unpaired) electrons. The lowest BCUT2D eigenvalue weighted by molar-refractivity contribution is 1.12. The molecule has 59 valence electrons. The van der Waals surface area contributed by atoms with Gasteiger partial charge in [-0.3, -0.25) is 0 Å². The van der Waals surface area contributed by atoms with Crippen molar-refractivity contribution >= 4 is 11.6 Å². The Morgan fingerprint density at radius 1 is 1.27 bits per heavy atom. The molecule has 0 aromatic heterocycles. The highest BCUT2D eigenvalue weighted by molar-refractivity contribution is 6.30. The van der Waals surface area contributed by atoms with Crippen LogP contribution in [-0.2, 0) is 0 Å². The Morgan fingerprint density at radius 2 is 1.91 bits per heavy atom. The third kappa shape index (κ3) is 1.97. The summed E-state index contributed by atoms with van der Waals surface area (Å²) in [6, 6.07) is 5.97. The van der Waals surface area contributed by atoms with Gasteiger partial charge in [-0.1, -0.05) is 31.5 Å². The maximum Gasteiger partial charge on any atom is 0.0409 e. The van der Waals surface area contributed by atoms with Crippen LogP contribution < -0.4 is 0 Å². The number of hydrogen-bond donors (Lipinski definition) is 0. The van der Waals surface area contributed by atoms with Gasteiger partial charge < -0.3 is 0 Å². The Bertz CT molecular complexity index is 251. The largest absolute Gasteiger partial charge is 0.0843 e. The molecule has 1 aromatic carbocycles. The molecule has 0 amide bonds. The average molecular weight is 168 g/mol. The summed E-state index contributed by atoms with van der Waals surface area (Å²) < 4.78 is 0. The second-order valence-electron chi connectivity index (χ2n) is 2.96. The minimum atomic E-state index is 0.812. The van der Waals surface area contributed by atoms with Gasteiger partial charge in [0.15, 0.2) is 0 Å². The van der Waals surface area contributed by atoms with Gasteiger partial charge in [-0.25, -0.2) is 0 Å². The van der Waals surface area contributed by atoms with Crippen molar-refractivity contribution in [2.45, 2.75) is 20.8 Å². The molecule has 0 aliphatic rings. The second-order valence-corrected chi connectivity index (χ2v) is 3.40. The van der Waals surface area contributed by atoms with E-state index in [0.717, 1.165) is 5.02 Å². The van der Waals surface area contributed by atoms with Gasteiger partial charge in [0.05, 0.1) is 0 Å². The fraction of sp³-hybridized carbons (Fsp3) is 0.300. The number of aryl methyl sites for hydroxylation is 1. The van der Waals surface area contributed by atoms with E-state index in [1.54, 1.807) is 0 Å². The van der Waals surface area contributed by atoms with Crippen LogP contribution in [0.25, 0.3) is 0 Å². The van der Waals surface area contributed by atoms with Crippen molar-refractivity contribution in [2.75, 3.05) is 0 Å². The molecule has 0 saturated carbocycles. The molecule has 0 N–H and O–H groups in total. The van der Waals surface area contributed by atoms with Crippen LogP contribution >= 0.6 is 11.6 Å². The number of halogens is 1. The van der Waals surface area contributed by atoms with Crippen molar-refractivity contribution in [3.05, 3.63) is 40.3 Å². The highest BCUT2D eigenvalue weighted by atomic mass is 35.5. The van der Waals surface area contributed by atoms with Crippen molar-refractivity contribution < 1.29 is 0 Å². The lowest BCUT2D eigenvalue weighted by atomic mass is 9.98. The molecule has 11 heavy (non-hydrogen) atoms. The Kier molecular flexibility index (Phi) is 2.56. The normalized spacial score (nSPS) is 10.6. The fourth-order valence-electron chi connectivity index (χ4n) is 1.13. The Morgan fingerprint density at radius 3 is 2.36 bits per heavy atom. The summed E-state index contributed by atoms with van der Waals surface area (Å²) in [4.78, 5) is 0. The molecule has 0 unspecified atom stereocenters. The molecule has 1 aromatic rings. The van der Waals surface area contributed by atoms with E-state index < -0.39 is 0 Å². The number of hydrogen-bond acceptors (Lipinski definition) is 0. The third-order valence-corrected chi connectivity index (χ3v) is 1.97. The lowest BCUT2D eigenvalue weighted by Gasteiger charge is -2.08. The first-order valence-corrected chi connectivity index (χ1v) is 4.05. The van der Waals surface area contributed by atoms with Gasteiger partial charge in [0.1, 0.15) is 0 Å². The number of benzene rings is 1. The van der Waals surface area contributed by atoms with Gasteiger partial charge >= 0.3 is 0 Å². The van der Waals surface area contributed by atoms with E-state index in [4.69, 9.17) is 11.6 Å². The minimum Gasteiger partial charge on any atom is -0.0843 e. The predicted octanol–water partition coefficient (Wildman–Crippen LogP) is 3.61. The molecule has 0 saturated heterocycles. The smallest absolute Gasteiger partial charge is 0.0409 e. The van der Waals surface area contributed by atoms with Crippen LogP contribution in [0.15, 0.2) is 18.2 Å². The van der Waals surface area contributed by atoms with Crippen molar-refractivity contribution in [2.24, 2.45) is 0 Å². The molecule has 0 fully saturated rings. The molecular weight excluding hydrogens is 156 g/mol. The zero-order chi connectivity index (χ0) is 8.43. The molecule has 1 rings (SSSR count). The molecule has 0 aliphatic heterocycles. The Balaban J connectivity index is 3.13. The van der Waals surface area contributed by atoms with Crippen molar-refractivity contribution in [3.63, 3.8) is 0 Å². The van der Waals surface area contributed by atoms with E-state index in [1.807, 2.05) is 18.2 Å². The summed E-state index contributed by atoms with van der Waals surface area (Å²) >= 11 is 5.85. The summed E-state index contributed by atoms with van der Waals surface area (Å²) in [6.07, 6.45) is 0. The summed E-state index contributed by atoms with van der Waals surface area (Å²) in [6.45, 7) is 6.29. The number of rotatable bonds is 1. The first kappa shape index (κ1) is 8.61. The van der Waals surface area contributed by atoms with Gasteiger partial charge in [0, 0.05) is 5.02 Å². The topological polar surface area (TPSA) is 0 Å². The van der Waals surface area contributed by atoms with Crippen LogP contribution in [0.5, 0.6) is 0 Å². The van der Waals surface area contributed by atoms with Crippen LogP contribution in [0.1, 0.15) is 25.0 Å². The molecule has 0 spiro atoms. The van der Waals surface area contributed by atoms with Gasteiger partial charge in [-0.15, -0.1) is 0 Å². The van der Waals surface area contributed by atoms with Gasteiger partial charge in [-0.2, -0.15) is 0 Å². The monoisotopic (exact) mass is 167 g/mol. The highest BCUT2D eigenvalue weighted by Crippen LogP contribution is 2.21. The maximum absolute atomic E-state index is 5.85. The molecular formula is C10H12Cl. The van der Waals surface area contributed by atoms with Crippen LogP contribution in [-0.4, -0.2) is 0 Å². The summed E-state index contributed by atoms with van der Waals surface area (Å²) in [7, 11) is 0. The SMILES string of the molecule is C[C](C)c1cc(Cl)ccc1C. The van der Waals surface area contributed by atoms with Gasteiger partial charge in [-0.05, 0) is 36.1 Å². The fourth-order valence-corrected chi connectivity index (χ4v) is 1.31. The van der Waals surface area contributed by atoms with Crippen LogP contribution in [0, 0.1) is 12.8 Å². The zero-order valence-electron chi connectivity index (χ0n) is 7.11. The van der Waals surface area contributed by atoms with Crippen LogP contribution in [0.2, 0.25) is 5.02 Å². The highest BCUT2D eigenvalue weighted by Gasteiger charge is 2.03. The van der Waals surface area contributed by atoms with Gasteiger partial charge in [0.25, 0.3) is 0 Å². The molecule has 0 nitrogen and oxygen atoms in total. The molecule has 0 bridgehead atoms. The van der Waals surface area contributed by atoms with E-state index >= 15 is 0 Å². The van der Waals surface area contributed by atoms with Crippen LogP contribution in [0.4, 0.5) is 0 Å². The Hall–Kier alpha value is -0.490. The third-order valence-electron chi connectivity index (χ3n) is 1.74. The van der Waals surface area contributed by atoms with Crippen molar-refractivity contribution in [1.29, 1.82) is 0 Å². The molecule has 0 atom stereocenters. The zero-order valence-corrected chi connectivity index (χ0v) is 7.87. The Labute approximate surface area is 73.2 Å². The first-order valence-electron chi connectivity index (χ1n) is 3.68. The minimum absolute atomic E-state index is 0.812. The summed E-state index contributed by atoms with van der Waals surface area (Å²) in [5.74, 6) is 1.31. The van der Waals surface area contributed by atoms with Gasteiger partial charge in [0.2, 0.25) is 0 Å². The molecule has 0 aliphatic carbocycles. The predicted molar refractivity (Wildman–Crippen MR) is 49.9 cm³/mol. The standard InChI is InChI=1S/C10H12Cl/c1-7(2)10-6-9(11)5-4-8(10)3/h4-6H,1-3H3. The first-order chi connectivity index (χ1) is 5.11. The van der Waals surface area contributed by atoms with E-state index in [1.165, 1.54) is 17.0 Å². The van der Waals surface area contributed by atoms with E-state index in [0.29, 0.717) is 0 Å². The lowest BCUT2D eigenvalue weighted by Crippen LogP contribution is -1.91. The van der Waals surface area contributed by atoms with Crippen LogP contribution in [0.3, 0.4) is 0 Å². The van der Waals surface area contributed by atoms with Crippen molar-refractivity contribution in [3.8, 4) is 0 Å². The van der Waals surface area contributed by atoms with E-state index in [2.05, 4.69) is 20.8 Å².